The minimum Gasteiger partial charge on any atom is -0.466 e. The maximum absolute atomic E-state index is 12.2. The van der Waals surface area contributed by atoms with Gasteiger partial charge in [-0.2, -0.15) is 0 Å². The maximum Gasteiger partial charge on any atom is 0.273 e. The Bertz CT molecular complexity index is 982. The van der Waals surface area contributed by atoms with E-state index in [0.29, 0.717) is 27.7 Å². The number of amides is 2. The van der Waals surface area contributed by atoms with E-state index < -0.39 is 5.91 Å². The lowest BCUT2D eigenvalue weighted by molar-refractivity contribution is 0.0845. The molecule has 0 unspecified atom stereocenters. The van der Waals surface area contributed by atoms with Crippen molar-refractivity contribution in [1.29, 1.82) is 0 Å². The van der Waals surface area contributed by atoms with Crippen LogP contribution in [0.5, 0.6) is 0 Å². The molecule has 0 atom stereocenters. The number of carbonyl (C=O) groups excluding carboxylic acids is 2. The van der Waals surface area contributed by atoms with Gasteiger partial charge in [0.25, 0.3) is 11.8 Å². The van der Waals surface area contributed by atoms with Gasteiger partial charge in [0.05, 0.1) is 5.56 Å². The predicted molar refractivity (Wildman–Crippen MR) is 111 cm³/mol. The van der Waals surface area contributed by atoms with Gasteiger partial charge in [0.1, 0.15) is 11.5 Å². The van der Waals surface area contributed by atoms with Gasteiger partial charge in [0.15, 0.2) is 0 Å². The number of carbonyl (C=O) groups is 2. The highest BCUT2D eigenvalue weighted by Gasteiger charge is 2.14. The van der Waals surface area contributed by atoms with Crippen LogP contribution in [0.25, 0.3) is 0 Å². The number of hydrazine groups is 1. The second-order valence-electron chi connectivity index (χ2n) is 6.17. The van der Waals surface area contributed by atoms with Crippen LogP contribution in [-0.2, 0) is 5.75 Å². The average molecular weight is 415 g/mol. The van der Waals surface area contributed by atoms with Gasteiger partial charge in [0, 0.05) is 21.2 Å². The zero-order valence-corrected chi connectivity index (χ0v) is 17.0. The smallest absolute Gasteiger partial charge is 0.273 e. The van der Waals surface area contributed by atoms with Crippen LogP contribution in [0, 0.1) is 13.8 Å². The van der Waals surface area contributed by atoms with E-state index in [4.69, 9.17) is 16.0 Å². The van der Waals surface area contributed by atoms with Crippen LogP contribution < -0.4 is 10.9 Å². The Morgan fingerprint density at radius 1 is 0.964 bits per heavy atom. The molecule has 0 spiro atoms. The third-order valence-corrected chi connectivity index (χ3v) is 5.35. The molecule has 3 aromatic rings. The summed E-state index contributed by atoms with van der Waals surface area (Å²) < 4.78 is 5.32. The van der Waals surface area contributed by atoms with E-state index in [0.717, 1.165) is 16.2 Å². The summed E-state index contributed by atoms with van der Waals surface area (Å²) in [5.74, 6) is 1.12. The van der Waals surface area contributed by atoms with Gasteiger partial charge in [-0.25, -0.2) is 0 Å². The van der Waals surface area contributed by atoms with Crippen molar-refractivity contribution in [3.63, 3.8) is 0 Å². The fourth-order valence-electron chi connectivity index (χ4n) is 2.56. The SMILES string of the molecule is Cc1cc(C(=O)NNC(=O)c2ccc(CSc3ccc(Cl)cc3)cc2)c(C)o1. The first-order valence-electron chi connectivity index (χ1n) is 8.57. The molecule has 1 aromatic heterocycles. The fourth-order valence-corrected chi connectivity index (χ4v) is 3.54. The van der Waals surface area contributed by atoms with Gasteiger partial charge < -0.3 is 4.42 Å². The van der Waals surface area contributed by atoms with Crippen molar-refractivity contribution >= 4 is 35.2 Å². The number of thioether (sulfide) groups is 1. The summed E-state index contributed by atoms with van der Waals surface area (Å²) >= 11 is 7.57. The van der Waals surface area contributed by atoms with E-state index in [1.807, 2.05) is 36.4 Å². The van der Waals surface area contributed by atoms with Crippen molar-refractivity contribution < 1.29 is 14.0 Å². The number of nitrogens with one attached hydrogen (secondary N) is 2. The average Bonchev–Trinajstić information content (AvgIpc) is 3.04. The lowest BCUT2D eigenvalue weighted by Crippen LogP contribution is -2.41. The Morgan fingerprint density at radius 3 is 2.21 bits per heavy atom. The van der Waals surface area contributed by atoms with Crippen LogP contribution >= 0.6 is 23.4 Å². The number of rotatable bonds is 5. The van der Waals surface area contributed by atoms with E-state index in [2.05, 4.69) is 10.9 Å². The van der Waals surface area contributed by atoms with E-state index in [-0.39, 0.29) is 5.91 Å². The fraction of sp³-hybridized carbons (Fsp3) is 0.143. The molecule has 0 saturated carbocycles. The van der Waals surface area contributed by atoms with Crippen LogP contribution in [0.2, 0.25) is 5.02 Å². The van der Waals surface area contributed by atoms with Gasteiger partial charge in [-0.1, -0.05) is 23.7 Å². The zero-order valence-electron chi connectivity index (χ0n) is 15.4. The minimum absolute atomic E-state index is 0.386. The Kier molecular flexibility index (Phi) is 6.44. The summed E-state index contributed by atoms with van der Waals surface area (Å²) in [5.41, 5.74) is 6.76. The quantitative estimate of drug-likeness (QED) is 0.459. The standard InChI is InChI=1S/C21H19ClN2O3S/c1-13-11-19(14(2)27-13)21(26)24-23-20(25)16-5-3-15(4-6-16)12-28-18-9-7-17(22)8-10-18/h3-11H,12H2,1-2H3,(H,23,25)(H,24,26). The topological polar surface area (TPSA) is 71.3 Å². The highest BCUT2D eigenvalue weighted by atomic mass is 35.5. The Labute approximate surface area is 172 Å². The molecule has 3 rings (SSSR count). The molecule has 0 saturated heterocycles. The molecule has 0 fully saturated rings. The number of aryl methyl sites for hydroxylation is 2. The maximum atomic E-state index is 12.2. The lowest BCUT2D eigenvalue weighted by Gasteiger charge is -2.08. The predicted octanol–water partition coefficient (Wildman–Crippen LogP) is 4.92. The molecule has 7 heteroatoms. The normalized spacial score (nSPS) is 10.5. The van der Waals surface area contributed by atoms with Gasteiger partial charge in [-0.3, -0.25) is 20.4 Å². The first kappa shape index (κ1) is 20.0. The number of benzene rings is 2. The first-order valence-corrected chi connectivity index (χ1v) is 9.94. The molecule has 2 N–H and O–H groups in total. The van der Waals surface area contributed by atoms with Crippen LogP contribution in [0.3, 0.4) is 0 Å². The number of hydrogen-bond donors (Lipinski definition) is 2. The summed E-state index contributed by atoms with van der Waals surface area (Å²) in [5, 5.41) is 0.713. The van der Waals surface area contributed by atoms with Crippen LogP contribution in [0.4, 0.5) is 0 Å². The van der Waals surface area contributed by atoms with E-state index in [1.54, 1.807) is 43.8 Å². The monoisotopic (exact) mass is 414 g/mol. The third kappa shape index (κ3) is 5.18. The molecule has 0 aliphatic heterocycles. The van der Waals surface area contributed by atoms with Crippen LogP contribution in [-0.4, -0.2) is 11.8 Å². The molecule has 2 aromatic carbocycles. The second kappa shape index (κ2) is 8.99. The summed E-state index contributed by atoms with van der Waals surface area (Å²) in [6.45, 7) is 3.46. The molecule has 0 radical (unpaired) electrons. The van der Waals surface area contributed by atoms with Gasteiger partial charge >= 0.3 is 0 Å². The molecule has 28 heavy (non-hydrogen) atoms. The summed E-state index contributed by atoms with van der Waals surface area (Å²) in [4.78, 5) is 25.5. The van der Waals surface area contributed by atoms with Crippen LogP contribution in [0.15, 0.2) is 63.9 Å². The molecular formula is C21H19ClN2O3S. The third-order valence-electron chi connectivity index (χ3n) is 4.01. The van der Waals surface area contributed by atoms with Crippen molar-refractivity contribution in [1.82, 2.24) is 10.9 Å². The van der Waals surface area contributed by atoms with E-state index in [1.165, 1.54) is 0 Å². The largest absolute Gasteiger partial charge is 0.466 e. The van der Waals surface area contributed by atoms with Crippen molar-refractivity contribution in [2.24, 2.45) is 0 Å². The van der Waals surface area contributed by atoms with Crippen molar-refractivity contribution in [2.75, 3.05) is 0 Å². The molecule has 0 aliphatic carbocycles. The Balaban J connectivity index is 1.52. The summed E-state index contributed by atoms with van der Waals surface area (Å²) in [6.07, 6.45) is 0. The van der Waals surface area contributed by atoms with Crippen molar-refractivity contribution in [3.05, 3.63) is 87.8 Å². The molecular weight excluding hydrogens is 396 g/mol. The molecule has 0 aliphatic rings. The molecule has 1 heterocycles. The van der Waals surface area contributed by atoms with Gasteiger partial charge in [-0.15, -0.1) is 11.8 Å². The van der Waals surface area contributed by atoms with Crippen molar-refractivity contribution in [3.8, 4) is 0 Å². The van der Waals surface area contributed by atoms with E-state index >= 15 is 0 Å². The van der Waals surface area contributed by atoms with Crippen molar-refractivity contribution in [2.45, 2.75) is 24.5 Å². The summed E-state index contributed by atoms with van der Waals surface area (Å²) in [7, 11) is 0. The molecule has 2 amide bonds. The van der Waals surface area contributed by atoms with Crippen LogP contribution in [0.1, 0.15) is 37.8 Å². The molecule has 5 nitrogen and oxygen atoms in total. The number of hydrogen-bond acceptors (Lipinski definition) is 4. The van der Waals surface area contributed by atoms with Gasteiger partial charge in [-0.05, 0) is 61.9 Å². The second-order valence-corrected chi connectivity index (χ2v) is 7.66. The Morgan fingerprint density at radius 2 is 1.61 bits per heavy atom. The first-order chi connectivity index (χ1) is 13.4. The highest BCUT2D eigenvalue weighted by molar-refractivity contribution is 7.98. The highest BCUT2D eigenvalue weighted by Crippen LogP contribution is 2.24. The summed E-state index contributed by atoms with van der Waals surface area (Å²) in [6, 6.07) is 16.5. The van der Waals surface area contributed by atoms with Gasteiger partial charge in [0.2, 0.25) is 0 Å². The number of halogens is 1. The minimum atomic E-state index is -0.418. The van der Waals surface area contributed by atoms with E-state index in [9.17, 15) is 9.59 Å². The molecule has 144 valence electrons. The zero-order chi connectivity index (χ0) is 20.1. The molecule has 0 bridgehead atoms. The Hall–Kier alpha value is -2.70. The lowest BCUT2D eigenvalue weighted by atomic mass is 10.1. The number of furan rings is 1.